The standard InChI is InChI=1S/C21H33N3O5S/c1-3-30-14-11-17(22)20(28-2)21(27)24-12-9-18(25)23-13-10-19(26)29-15-16-7-5-4-6-8-16/h4-8,17,20H,3,9-15,22H2,1-2H3,(H,23,25)(H,24,27)/t17-,20?/m1/s1. The van der Waals surface area contributed by atoms with Crippen LogP contribution in [-0.4, -0.2) is 61.6 Å². The van der Waals surface area contributed by atoms with Crippen molar-refractivity contribution >= 4 is 29.5 Å². The molecule has 4 N–H and O–H groups in total. The van der Waals surface area contributed by atoms with Crippen molar-refractivity contribution in [2.75, 3.05) is 31.7 Å². The Morgan fingerprint density at radius 1 is 1.10 bits per heavy atom. The number of methoxy groups -OCH3 is 1. The van der Waals surface area contributed by atoms with Crippen molar-refractivity contribution in [1.29, 1.82) is 0 Å². The lowest BCUT2D eigenvalue weighted by Crippen LogP contribution is -2.48. The fourth-order valence-corrected chi connectivity index (χ4v) is 3.32. The number of carbonyl (C=O) groups excluding carboxylic acids is 3. The zero-order valence-electron chi connectivity index (χ0n) is 17.7. The number of nitrogens with two attached hydrogens (primary N) is 1. The molecule has 0 aliphatic heterocycles. The molecule has 0 fully saturated rings. The molecule has 2 atom stereocenters. The second-order valence-corrected chi connectivity index (χ2v) is 7.99. The van der Waals surface area contributed by atoms with Gasteiger partial charge in [-0.25, -0.2) is 0 Å². The average Bonchev–Trinajstić information content (AvgIpc) is 2.73. The van der Waals surface area contributed by atoms with E-state index in [1.165, 1.54) is 7.11 Å². The number of esters is 1. The van der Waals surface area contributed by atoms with Crippen LogP contribution < -0.4 is 16.4 Å². The molecule has 0 aliphatic carbocycles. The minimum atomic E-state index is -0.745. The van der Waals surface area contributed by atoms with Gasteiger partial charge in [0.05, 0.1) is 6.42 Å². The van der Waals surface area contributed by atoms with Gasteiger partial charge in [-0.3, -0.25) is 14.4 Å². The van der Waals surface area contributed by atoms with Gasteiger partial charge in [0.1, 0.15) is 6.61 Å². The van der Waals surface area contributed by atoms with Gasteiger partial charge in [0.15, 0.2) is 6.10 Å². The summed E-state index contributed by atoms with van der Waals surface area (Å²) in [6.45, 7) is 2.62. The second-order valence-electron chi connectivity index (χ2n) is 6.59. The molecule has 0 radical (unpaired) electrons. The summed E-state index contributed by atoms with van der Waals surface area (Å²) in [6.07, 6.45) is 0.110. The van der Waals surface area contributed by atoms with Gasteiger partial charge in [-0.05, 0) is 23.5 Å². The number of benzene rings is 1. The van der Waals surface area contributed by atoms with Crippen LogP contribution in [0.1, 0.15) is 31.7 Å². The van der Waals surface area contributed by atoms with Crippen molar-refractivity contribution in [2.24, 2.45) is 5.73 Å². The van der Waals surface area contributed by atoms with Gasteiger partial charge in [0, 0.05) is 32.7 Å². The highest BCUT2D eigenvalue weighted by molar-refractivity contribution is 7.99. The Labute approximate surface area is 182 Å². The molecule has 2 amide bonds. The van der Waals surface area contributed by atoms with Crippen molar-refractivity contribution in [2.45, 2.75) is 44.9 Å². The number of amides is 2. The number of hydrogen-bond donors (Lipinski definition) is 3. The third-order valence-corrected chi connectivity index (χ3v) is 5.18. The lowest BCUT2D eigenvalue weighted by molar-refractivity contribution is -0.144. The SMILES string of the molecule is CCSCC[C@@H](N)C(OC)C(=O)NCCC(=O)NCCC(=O)OCc1ccccc1. The minimum absolute atomic E-state index is 0.0846. The van der Waals surface area contributed by atoms with E-state index in [2.05, 4.69) is 17.6 Å². The van der Waals surface area contributed by atoms with Crippen LogP contribution in [0, 0.1) is 0 Å². The summed E-state index contributed by atoms with van der Waals surface area (Å²) in [4.78, 5) is 35.8. The molecule has 0 saturated heterocycles. The van der Waals surface area contributed by atoms with Crippen LogP contribution in [0.3, 0.4) is 0 Å². The molecular weight excluding hydrogens is 406 g/mol. The summed E-state index contributed by atoms with van der Waals surface area (Å²) in [5.41, 5.74) is 6.94. The predicted molar refractivity (Wildman–Crippen MR) is 118 cm³/mol. The van der Waals surface area contributed by atoms with E-state index in [0.717, 1.165) is 17.1 Å². The summed E-state index contributed by atoms with van der Waals surface area (Å²) in [5.74, 6) is 0.885. The lowest BCUT2D eigenvalue weighted by Gasteiger charge is -2.21. The Hall–Kier alpha value is -2.10. The van der Waals surface area contributed by atoms with Crippen molar-refractivity contribution in [3.8, 4) is 0 Å². The van der Waals surface area contributed by atoms with Crippen LogP contribution in [0.15, 0.2) is 30.3 Å². The molecular formula is C21H33N3O5S. The smallest absolute Gasteiger partial charge is 0.307 e. The zero-order chi connectivity index (χ0) is 22.2. The number of carbonyl (C=O) groups is 3. The van der Waals surface area contributed by atoms with Gasteiger partial charge < -0.3 is 25.8 Å². The fourth-order valence-electron chi connectivity index (χ4n) is 2.59. The Morgan fingerprint density at radius 3 is 2.47 bits per heavy atom. The van der Waals surface area contributed by atoms with E-state index in [1.54, 1.807) is 11.8 Å². The minimum Gasteiger partial charge on any atom is -0.461 e. The van der Waals surface area contributed by atoms with E-state index in [0.29, 0.717) is 6.42 Å². The molecule has 168 valence electrons. The van der Waals surface area contributed by atoms with Gasteiger partial charge in [0.2, 0.25) is 5.91 Å². The molecule has 1 rings (SSSR count). The molecule has 30 heavy (non-hydrogen) atoms. The maximum absolute atomic E-state index is 12.2. The van der Waals surface area contributed by atoms with Gasteiger partial charge in [-0.1, -0.05) is 37.3 Å². The molecule has 0 aromatic heterocycles. The Bertz CT molecular complexity index is 645. The molecule has 0 heterocycles. The normalized spacial score (nSPS) is 12.6. The quantitative estimate of drug-likeness (QED) is 0.278. The van der Waals surface area contributed by atoms with Crippen LogP contribution in [0.4, 0.5) is 0 Å². The molecule has 0 spiro atoms. The summed E-state index contributed by atoms with van der Waals surface area (Å²) >= 11 is 1.76. The predicted octanol–water partition coefficient (Wildman–Crippen LogP) is 1.23. The third kappa shape index (κ3) is 11.2. The van der Waals surface area contributed by atoms with Crippen molar-refractivity contribution in [1.82, 2.24) is 10.6 Å². The molecule has 9 heteroatoms. The van der Waals surface area contributed by atoms with Gasteiger partial charge in [-0.2, -0.15) is 11.8 Å². The van der Waals surface area contributed by atoms with Gasteiger partial charge in [-0.15, -0.1) is 0 Å². The molecule has 0 bridgehead atoms. The summed E-state index contributed by atoms with van der Waals surface area (Å²) in [6, 6.07) is 8.97. The van der Waals surface area contributed by atoms with Crippen LogP contribution in [0.2, 0.25) is 0 Å². The largest absolute Gasteiger partial charge is 0.461 e. The summed E-state index contributed by atoms with van der Waals surface area (Å²) in [5, 5.41) is 5.31. The first-order valence-electron chi connectivity index (χ1n) is 10.1. The van der Waals surface area contributed by atoms with Gasteiger partial charge in [0.25, 0.3) is 5.91 Å². The summed E-state index contributed by atoms with van der Waals surface area (Å²) in [7, 11) is 1.45. The molecule has 1 aromatic rings. The first-order valence-corrected chi connectivity index (χ1v) is 11.2. The topological polar surface area (TPSA) is 120 Å². The molecule has 1 aromatic carbocycles. The van der Waals surface area contributed by atoms with Crippen LogP contribution in [0.25, 0.3) is 0 Å². The fraction of sp³-hybridized carbons (Fsp3) is 0.571. The van der Waals surface area contributed by atoms with E-state index in [1.807, 2.05) is 30.3 Å². The molecule has 8 nitrogen and oxygen atoms in total. The lowest BCUT2D eigenvalue weighted by atomic mass is 10.1. The monoisotopic (exact) mass is 439 g/mol. The zero-order valence-corrected chi connectivity index (χ0v) is 18.5. The third-order valence-electron chi connectivity index (χ3n) is 4.25. The maximum Gasteiger partial charge on any atom is 0.307 e. The highest BCUT2D eigenvalue weighted by Crippen LogP contribution is 2.07. The molecule has 0 aliphatic rings. The van der Waals surface area contributed by atoms with E-state index >= 15 is 0 Å². The van der Waals surface area contributed by atoms with Crippen LogP contribution in [0.5, 0.6) is 0 Å². The maximum atomic E-state index is 12.2. The number of rotatable bonds is 15. The first-order chi connectivity index (χ1) is 14.5. The van der Waals surface area contributed by atoms with Crippen molar-refractivity contribution in [3.05, 3.63) is 35.9 Å². The number of thioether (sulfide) groups is 1. The van der Waals surface area contributed by atoms with E-state index in [4.69, 9.17) is 15.2 Å². The van der Waals surface area contributed by atoms with E-state index < -0.39 is 12.1 Å². The number of hydrogen-bond acceptors (Lipinski definition) is 7. The van der Waals surface area contributed by atoms with Gasteiger partial charge >= 0.3 is 5.97 Å². The summed E-state index contributed by atoms with van der Waals surface area (Å²) < 4.78 is 10.4. The first kappa shape index (κ1) is 25.9. The average molecular weight is 440 g/mol. The Balaban J connectivity index is 2.16. The van der Waals surface area contributed by atoms with Crippen molar-refractivity contribution in [3.63, 3.8) is 0 Å². The molecule has 1 unspecified atom stereocenters. The Kier molecular flexibility index (Phi) is 13.6. The van der Waals surface area contributed by atoms with Crippen molar-refractivity contribution < 1.29 is 23.9 Å². The number of nitrogens with one attached hydrogen (secondary N) is 2. The Morgan fingerprint density at radius 2 is 1.80 bits per heavy atom. The highest BCUT2D eigenvalue weighted by Gasteiger charge is 2.24. The van der Waals surface area contributed by atoms with E-state index in [-0.39, 0.29) is 50.3 Å². The second kappa shape index (κ2) is 15.7. The van der Waals surface area contributed by atoms with E-state index in [9.17, 15) is 14.4 Å². The van der Waals surface area contributed by atoms with Crippen LogP contribution >= 0.6 is 11.8 Å². The number of ether oxygens (including phenoxy) is 2. The highest BCUT2D eigenvalue weighted by atomic mass is 32.2. The van der Waals surface area contributed by atoms with Crippen LogP contribution in [-0.2, 0) is 30.5 Å². The molecule has 0 saturated carbocycles.